The van der Waals surface area contributed by atoms with E-state index in [0.717, 1.165) is 16.5 Å². The summed E-state index contributed by atoms with van der Waals surface area (Å²) in [6, 6.07) is 14.2. The van der Waals surface area contributed by atoms with Gasteiger partial charge in [-0.2, -0.15) is 10.5 Å². The maximum Gasteiger partial charge on any atom is 0.191 e. The summed E-state index contributed by atoms with van der Waals surface area (Å²) in [6.07, 6.45) is 1.01. The lowest BCUT2D eigenvalue weighted by atomic mass is 10.1. The van der Waals surface area contributed by atoms with Gasteiger partial charge in [0, 0.05) is 24.8 Å². The SMILES string of the molecule is Cn1c(SCC(C#N)CCC#N)nnc1-c1ccccc1. The zero-order chi connectivity index (χ0) is 15.1. The third-order valence-electron chi connectivity index (χ3n) is 3.07. The van der Waals surface area contributed by atoms with Crippen LogP contribution in [0.25, 0.3) is 11.4 Å². The lowest BCUT2D eigenvalue weighted by molar-refractivity contribution is 0.682. The highest BCUT2D eigenvalue weighted by molar-refractivity contribution is 7.99. The first-order valence-electron chi connectivity index (χ1n) is 6.60. The normalized spacial score (nSPS) is 11.6. The predicted octanol–water partition coefficient (Wildman–Crippen LogP) is 3.02. The molecule has 1 aromatic heterocycles. The van der Waals surface area contributed by atoms with E-state index in [9.17, 15) is 0 Å². The summed E-state index contributed by atoms with van der Waals surface area (Å²) >= 11 is 1.50. The van der Waals surface area contributed by atoms with Crippen molar-refractivity contribution < 1.29 is 0 Å². The Kier molecular flexibility index (Phi) is 5.36. The van der Waals surface area contributed by atoms with Crippen LogP contribution in [0.1, 0.15) is 12.8 Å². The lowest BCUT2D eigenvalue weighted by Gasteiger charge is -2.06. The average Bonchev–Trinajstić information content (AvgIpc) is 2.89. The van der Waals surface area contributed by atoms with Gasteiger partial charge in [-0.15, -0.1) is 10.2 Å². The minimum absolute atomic E-state index is 0.133. The number of thioether (sulfide) groups is 1. The summed E-state index contributed by atoms with van der Waals surface area (Å²) in [5.41, 5.74) is 1.01. The fraction of sp³-hybridized carbons (Fsp3) is 0.333. The summed E-state index contributed by atoms with van der Waals surface area (Å²) in [6.45, 7) is 0. The molecule has 1 atom stereocenters. The summed E-state index contributed by atoms with van der Waals surface area (Å²) in [5.74, 6) is 1.30. The minimum atomic E-state index is -0.133. The molecule has 0 spiro atoms. The molecular formula is C15H15N5S. The van der Waals surface area contributed by atoms with E-state index in [1.165, 1.54) is 11.8 Å². The molecule has 0 radical (unpaired) electrons. The zero-order valence-electron chi connectivity index (χ0n) is 11.7. The van der Waals surface area contributed by atoms with Crippen LogP contribution in [0, 0.1) is 28.6 Å². The largest absolute Gasteiger partial charge is 0.305 e. The molecule has 0 bridgehead atoms. The van der Waals surface area contributed by atoms with Crippen molar-refractivity contribution >= 4 is 11.8 Å². The minimum Gasteiger partial charge on any atom is -0.305 e. The van der Waals surface area contributed by atoms with Crippen LogP contribution in [-0.4, -0.2) is 20.5 Å². The van der Waals surface area contributed by atoms with Gasteiger partial charge in [-0.05, 0) is 6.42 Å². The van der Waals surface area contributed by atoms with Gasteiger partial charge in [-0.1, -0.05) is 42.1 Å². The van der Waals surface area contributed by atoms with Gasteiger partial charge in [0.15, 0.2) is 11.0 Å². The molecule has 2 rings (SSSR count). The maximum atomic E-state index is 9.07. The molecule has 0 amide bonds. The Bertz CT molecular complexity index is 666. The van der Waals surface area contributed by atoms with Crippen molar-refractivity contribution in [2.75, 3.05) is 5.75 Å². The van der Waals surface area contributed by atoms with Crippen molar-refractivity contribution in [1.29, 1.82) is 10.5 Å². The van der Waals surface area contributed by atoms with Crippen molar-refractivity contribution in [1.82, 2.24) is 14.8 Å². The van der Waals surface area contributed by atoms with E-state index < -0.39 is 0 Å². The van der Waals surface area contributed by atoms with E-state index in [2.05, 4.69) is 22.3 Å². The number of nitrogens with zero attached hydrogens (tertiary/aromatic N) is 5. The van der Waals surface area contributed by atoms with Crippen LogP contribution in [-0.2, 0) is 7.05 Å². The Morgan fingerprint density at radius 3 is 2.67 bits per heavy atom. The van der Waals surface area contributed by atoms with Crippen molar-refractivity contribution in [3.63, 3.8) is 0 Å². The van der Waals surface area contributed by atoms with Crippen LogP contribution in [0.5, 0.6) is 0 Å². The van der Waals surface area contributed by atoms with E-state index in [1.54, 1.807) is 0 Å². The molecule has 1 unspecified atom stereocenters. The highest BCUT2D eigenvalue weighted by atomic mass is 32.2. The van der Waals surface area contributed by atoms with Crippen molar-refractivity contribution in [3.8, 4) is 23.5 Å². The van der Waals surface area contributed by atoms with Crippen LogP contribution < -0.4 is 0 Å². The molecule has 21 heavy (non-hydrogen) atoms. The molecular weight excluding hydrogens is 282 g/mol. The Balaban J connectivity index is 2.05. The van der Waals surface area contributed by atoms with E-state index in [-0.39, 0.29) is 5.92 Å². The van der Waals surface area contributed by atoms with Crippen LogP contribution in [0.2, 0.25) is 0 Å². The van der Waals surface area contributed by atoms with Gasteiger partial charge in [0.2, 0.25) is 0 Å². The van der Waals surface area contributed by atoms with Gasteiger partial charge >= 0.3 is 0 Å². The fourth-order valence-corrected chi connectivity index (χ4v) is 2.85. The van der Waals surface area contributed by atoms with E-state index in [1.807, 2.05) is 41.9 Å². The van der Waals surface area contributed by atoms with Gasteiger partial charge < -0.3 is 4.57 Å². The Hall–Kier alpha value is -2.31. The van der Waals surface area contributed by atoms with Gasteiger partial charge in [0.1, 0.15) is 0 Å². The lowest BCUT2D eigenvalue weighted by Crippen LogP contribution is -2.02. The second-order valence-electron chi connectivity index (χ2n) is 4.57. The van der Waals surface area contributed by atoms with Crippen molar-refractivity contribution in [3.05, 3.63) is 30.3 Å². The molecule has 5 nitrogen and oxygen atoms in total. The topological polar surface area (TPSA) is 78.3 Å². The molecule has 106 valence electrons. The predicted molar refractivity (Wildman–Crippen MR) is 81.1 cm³/mol. The monoisotopic (exact) mass is 297 g/mol. The number of benzene rings is 1. The highest BCUT2D eigenvalue weighted by Gasteiger charge is 2.14. The first-order chi connectivity index (χ1) is 10.3. The summed E-state index contributed by atoms with van der Waals surface area (Å²) in [4.78, 5) is 0. The van der Waals surface area contributed by atoms with Gasteiger partial charge in [0.25, 0.3) is 0 Å². The van der Waals surface area contributed by atoms with Gasteiger partial charge in [0.05, 0.1) is 18.1 Å². The molecule has 0 aliphatic heterocycles. The third kappa shape index (κ3) is 3.84. The second-order valence-corrected chi connectivity index (χ2v) is 5.55. The summed E-state index contributed by atoms with van der Waals surface area (Å²) < 4.78 is 1.93. The molecule has 0 aliphatic carbocycles. The van der Waals surface area contributed by atoms with Crippen LogP contribution in [0.15, 0.2) is 35.5 Å². The second kappa shape index (κ2) is 7.47. The van der Waals surface area contributed by atoms with Gasteiger partial charge in [-0.3, -0.25) is 0 Å². The molecule has 6 heteroatoms. The van der Waals surface area contributed by atoms with Crippen LogP contribution >= 0.6 is 11.8 Å². The standard InChI is InChI=1S/C15H15N5S/c1-20-14(13-7-3-2-4-8-13)18-19-15(20)21-11-12(10-17)6-5-9-16/h2-4,7-8,12H,5-6,11H2,1H3. The molecule has 0 saturated heterocycles. The summed E-state index contributed by atoms with van der Waals surface area (Å²) in [7, 11) is 1.92. The molecule has 2 aromatic rings. The van der Waals surface area contributed by atoms with Crippen LogP contribution in [0.3, 0.4) is 0 Å². The average molecular weight is 297 g/mol. The molecule has 0 N–H and O–H groups in total. The number of hydrogen-bond acceptors (Lipinski definition) is 5. The summed E-state index contributed by atoms with van der Waals surface area (Å²) in [5, 5.41) is 26.8. The molecule has 0 saturated carbocycles. The zero-order valence-corrected chi connectivity index (χ0v) is 12.5. The van der Waals surface area contributed by atoms with E-state index in [4.69, 9.17) is 10.5 Å². The fourth-order valence-electron chi connectivity index (χ4n) is 1.88. The Morgan fingerprint density at radius 1 is 1.24 bits per heavy atom. The number of nitriles is 2. The third-order valence-corrected chi connectivity index (χ3v) is 4.25. The first kappa shape index (κ1) is 15.1. The maximum absolute atomic E-state index is 9.07. The molecule has 1 heterocycles. The molecule has 1 aromatic carbocycles. The smallest absolute Gasteiger partial charge is 0.191 e. The van der Waals surface area contributed by atoms with E-state index in [0.29, 0.717) is 18.6 Å². The number of rotatable bonds is 6. The Morgan fingerprint density at radius 2 is 2.00 bits per heavy atom. The highest BCUT2D eigenvalue weighted by Crippen LogP contribution is 2.24. The quantitative estimate of drug-likeness (QED) is 0.766. The van der Waals surface area contributed by atoms with Crippen molar-refractivity contribution in [2.45, 2.75) is 18.0 Å². The number of hydrogen-bond donors (Lipinski definition) is 0. The molecule has 0 fully saturated rings. The first-order valence-corrected chi connectivity index (χ1v) is 7.59. The Labute approximate surface area is 128 Å². The van der Waals surface area contributed by atoms with E-state index >= 15 is 0 Å². The molecule has 0 aliphatic rings. The van der Waals surface area contributed by atoms with Crippen LogP contribution in [0.4, 0.5) is 0 Å². The number of aromatic nitrogens is 3. The van der Waals surface area contributed by atoms with Gasteiger partial charge in [-0.25, -0.2) is 0 Å². The van der Waals surface area contributed by atoms with Crippen molar-refractivity contribution in [2.24, 2.45) is 13.0 Å².